The first-order chi connectivity index (χ1) is 13.1. The van der Waals surface area contributed by atoms with Gasteiger partial charge in [-0.15, -0.1) is 0 Å². The molecule has 0 radical (unpaired) electrons. The molecule has 0 atom stereocenters. The third-order valence-electron chi connectivity index (χ3n) is 4.14. The van der Waals surface area contributed by atoms with Crippen molar-refractivity contribution in [2.45, 2.75) is 20.0 Å². The molecule has 0 aliphatic rings. The number of ether oxygens (including phenoxy) is 1. The van der Waals surface area contributed by atoms with Gasteiger partial charge in [-0.2, -0.15) is 9.97 Å². The van der Waals surface area contributed by atoms with Crippen LogP contribution in [0.15, 0.2) is 41.1 Å². The van der Waals surface area contributed by atoms with Crippen LogP contribution in [0.1, 0.15) is 17.3 Å². The second-order valence-corrected chi connectivity index (χ2v) is 6.00. The fourth-order valence-corrected chi connectivity index (χ4v) is 2.97. The highest BCUT2D eigenvalue weighted by atomic mass is 16.5. The summed E-state index contributed by atoms with van der Waals surface area (Å²) in [5.41, 5.74) is 8.51. The Labute approximate surface area is 155 Å². The quantitative estimate of drug-likeness (QED) is 0.535. The van der Waals surface area contributed by atoms with E-state index in [-0.39, 0.29) is 5.95 Å². The second kappa shape index (κ2) is 6.94. The summed E-state index contributed by atoms with van der Waals surface area (Å²) in [4.78, 5) is 12.9. The molecule has 0 spiro atoms. The number of nitrogens with zero attached hydrogens (tertiary/aromatic N) is 5. The zero-order valence-corrected chi connectivity index (χ0v) is 15.0. The second-order valence-electron chi connectivity index (χ2n) is 6.00. The smallest absolute Gasteiger partial charge is 0.223 e. The van der Waals surface area contributed by atoms with E-state index in [1.54, 1.807) is 14.0 Å². The first-order valence-electron chi connectivity index (χ1n) is 8.41. The number of hydrogen-bond donors (Lipinski definition) is 2. The zero-order chi connectivity index (χ0) is 18.8. The molecule has 1 aromatic carbocycles. The molecule has 4 rings (SSSR count). The zero-order valence-electron chi connectivity index (χ0n) is 15.0. The Bertz CT molecular complexity index is 1090. The van der Waals surface area contributed by atoms with Crippen LogP contribution in [0.25, 0.3) is 11.0 Å². The van der Waals surface area contributed by atoms with Crippen LogP contribution in [0.2, 0.25) is 0 Å². The molecule has 0 saturated carbocycles. The van der Waals surface area contributed by atoms with E-state index in [0.717, 1.165) is 22.3 Å². The van der Waals surface area contributed by atoms with Crippen molar-refractivity contribution >= 4 is 22.8 Å². The Morgan fingerprint density at radius 2 is 2.04 bits per heavy atom. The van der Waals surface area contributed by atoms with Gasteiger partial charge in [-0.05, 0) is 12.1 Å². The molecule has 9 nitrogen and oxygen atoms in total. The molecule has 27 heavy (non-hydrogen) atoms. The number of nitrogens with two attached hydrogens (primary N) is 1. The lowest BCUT2D eigenvalue weighted by atomic mass is 10.2. The van der Waals surface area contributed by atoms with Crippen molar-refractivity contribution in [3.8, 4) is 5.75 Å². The molecule has 0 unspecified atom stereocenters. The Morgan fingerprint density at radius 1 is 1.19 bits per heavy atom. The molecular weight excluding hydrogens is 346 g/mol. The largest absolute Gasteiger partial charge is 0.496 e. The van der Waals surface area contributed by atoms with Gasteiger partial charge in [-0.3, -0.25) is 0 Å². The third-order valence-corrected chi connectivity index (χ3v) is 4.14. The van der Waals surface area contributed by atoms with Crippen molar-refractivity contribution in [2.24, 2.45) is 0 Å². The molecular formula is C18H19N7O2. The van der Waals surface area contributed by atoms with Crippen LogP contribution in [0.5, 0.6) is 5.75 Å². The van der Waals surface area contributed by atoms with Crippen molar-refractivity contribution in [3.63, 3.8) is 0 Å². The highest BCUT2D eigenvalue weighted by molar-refractivity contribution is 5.87. The summed E-state index contributed by atoms with van der Waals surface area (Å²) in [5.74, 6) is 2.69. The predicted molar refractivity (Wildman–Crippen MR) is 100 cm³/mol. The van der Waals surface area contributed by atoms with Crippen LogP contribution in [-0.4, -0.2) is 31.8 Å². The molecule has 3 N–H and O–H groups in total. The van der Waals surface area contributed by atoms with Gasteiger partial charge in [0.2, 0.25) is 11.8 Å². The summed E-state index contributed by atoms with van der Waals surface area (Å²) < 4.78 is 12.5. The fourth-order valence-electron chi connectivity index (χ4n) is 2.97. The van der Waals surface area contributed by atoms with Gasteiger partial charge < -0.3 is 24.9 Å². The molecule has 138 valence electrons. The number of fused-ring (bicyclic) bond motifs is 1. The Balaban J connectivity index is 1.69. The summed E-state index contributed by atoms with van der Waals surface area (Å²) in [6, 6.07) is 9.80. The van der Waals surface area contributed by atoms with Gasteiger partial charge in [0.25, 0.3) is 0 Å². The lowest BCUT2D eigenvalue weighted by Crippen LogP contribution is -2.09. The standard InChI is InChI=1S/C18H19N7O2/c1-11-21-15(24-27-11)9-20-17-16-13(22-18(19)23-17)7-8-25(16)10-12-5-3-4-6-14(12)26-2/h3-8H,9-10H2,1-2H3,(H3,19,20,22,23). The van der Waals surface area contributed by atoms with Crippen LogP contribution in [0, 0.1) is 6.92 Å². The predicted octanol–water partition coefficient (Wildman–Crippen LogP) is 2.37. The number of aromatic nitrogens is 5. The van der Waals surface area contributed by atoms with E-state index in [9.17, 15) is 0 Å². The van der Waals surface area contributed by atoms with Crippen molar-refractivity contribution in [1.82, 2.24) is 24.7 Å². The van der Waals surface area contributed by atoms with Crippen molar-refractivity contribution < 1.29 is 9.26 Å². The average molecular weight is 365 g/mol. The van der Waals surface area contributed by atoms with Crippen LogP contribution in [0.3, 0.4) is 0 Å². The lowest BCUT2D eigenvalue weighted by molar-refractivity contribution is 0.388. The number of benzene rings is 1. The van der Waals surface area contributed by atoms with Gasteiger partial charge in [-0.1, -0.05) is 23.4 Å². The summed E-state index contributed by atoms with van der Waals surface area (Å²) in [6.07, 6.45) is 1.95. The van der Waals surface area contributed by atoms with E-state index in [1.807, 2.05) is 36.5 Å². The van der Waals surface area contributed by atoms with Gasteiger partial charge in [0, 0.05) is 18.7 Å². The number of nitrogen functional groups attached to an aromatic ring is 1. The third kappa shape index (κ3) is 3.39. The van der Waals surface area contributed by atoms with Gasteiger partial charge in [-0.25, -0.2) is 4.98 Å². The first kappa shape index (κ1) is 16.8. The molecule has 0 amide bonds. The van der Waals surface area contributed by atoms with Crippen molar-refractivity contribution in [1.29, 1.82) is 0 Å². The van der Waals surface area contributed by atoms with E-state index in [0.29, 0.717) is 30.6 Å². The highest BCUT2D eigenvalue weighted by Crippen LogP contribution is 2.26. The van der Waals surface area contributed by atoms with Crippen molar-refractivity contribution in [2.75, 3.05) is 18.2 Å². The molecule has 0 saturated heterocycles. The molecule has 0 fully saturated rings. The Hall–Kier alpha value is -3.62. The van der Waals surface area contributed by atoms with E-state index < -0.39 is 0 Å². The lowest BCUT2D eigenvalue weighted by Gasteiger charge is -2.12. The number of nitrogens with one attached hydrogen (secondary N) is 1. The minimum atomic E-state index is 0.198. The van der Waals surface area contributed by atoms with Gasteiger partial charge in [0.1, 0.15) is 11.3 Å². The van der Waals surface area contributed by atoms with E-state index in [4.69, 9.17) is 15.0 Å². The average Bonchev–Trinajstić information content (AvgIpc) is 3.26. The van der Waals surface area contributed by atoms with E-state index in [1.165, 1.54) is 0 Å². The fraction of sp³-hybridized carbons (Fsp3) is 0.222. The Morgan fingerprint density at radius 3 is 2.81 bits per heavy atom. The van der Waals surface area contributed by atoms with Crippen LogP contribution in [-0.2, 0) is 13.1 Å². The van der Waals surface area contributed by atoms with Crippen LogP contribution < -0.4 is 15.8 Å². The highest BCUT2D eigenvalue weighted by Gasteiger charge is 2.14. The maximum atomic E-state index is 5.86. The molecule has 3 aromatic heterocycles. The number of rotatable bonds is 6. The summed E-state index contributed by atoms with van der Waals surface area (Å²) in [7, 11) is 1.66. The topological polar surface area (TPSA) is 117 Å². The summed E-state index contributed by atoms with van der Waals surface area (Å²) in [6.45, 7) is 2.72. The number of aryl methyl sites for hydroxylation is 1. The molecule has 0 bridgehead atoms. The van der Waals surface area contributed by atoms with Gasteiger partial charge in [0.05, 0.1) is 25.7 Å². The molecule has 0 aliphatic heterocycles. The van der Waals surface area contributed by atoms with Crippen LogP contribution >= 0.6 is 0 Å². The number of methoxy groups -OCH3 is 1. The summed E-state index contributed by atoms with van der Waals surface area (Å²) in [5, 5.41) is 7.12. The van der Waals surface area contributed by atoms with E-state index in [2.05, 4.69) is 30.0 Å². The van der Waals surface area contributed by atoms with E-state index >= 15 is 0 Å². The molecule has 9 heteroatoms. The molecule has 3 heterocycles. The van der Waals surface area contributed by atoms with Gasteiger partial charge in [0.15, 0.2) is 11.6 Å². The number of para-hydroxylation sites is 1. The maximum Gasteiger partial charge on any atom is 0.223 e. The van der Waals surface area contributed by atoms with Crippen LogP contribution in [0.4, 0.5) is 11.8 Å². The minimum absolute atomic E-state index is 0.198. The minimum Gasteiger partial charge on any atom is -0.496 e. The summed E-state index contributed by atoms with van der Waals surface area (Å²) >= 11 is 0. The number of anilines is 2. The molecule has 4 aromatic rings. The first-order valence-corrected chi connectivity index (χ1v) is 8.41. The van der Waals surface area contributed by atoms with Gasteiger partial charge >= 0.3 is 0 Å². The molecule has 0 aliphatic carbocycles. The maximum absolute atomic E-state index is 5.86. The number of hydrogen-bond acceptors (Lipinski definition) is 8. The monoisotopic (exact) mass is 365 g/mol. The Kier molecular flexibility index (Phi) is 4.33. The van der Waals surface area contributed by atoms with Crippen molar-refractivity contribution in [3.05, 3.63) is 53.8 Å². The SMILES string of the molecule is COc1ccccc1Cn1ccc2nc(N)nc(NCc3noc(C)n3)c21. The normalized spacial score (nSPS) is 11.0.